The zero-order valence-corrected chi connectivity index (χ0v) is 17.2. The standard InChI is InChI=1S/C22H30N4O3/c1-2-3-8-15-26-22(29)18-11-7-6-10-17(18)20(24-26)21(28)23-13-16-25-14-9-4-5-12-19(25)27/h6-7,10-11H,2-5,8-9,12-16H2,1H3,(H,23,28). The van der Waals surface area contributed by atoms with E-state index in [1.807, 2.05) is 4.90 Å². The minimum atomic E-state index is -0.312. The van der Waals surface area contributed by atoms with Crippen molar-refractivity contribution >= 4 is 22.6 Å². The van der Waals surface area contributed by atoms with Gasteiger partial charge in [0.25, 0.3) is 11.5 Å². The molecule has 1 aliphatic heterocycles. The highest BCUT2D eigenvalue weighted by Crippen LogP contribution is 2.14. The van der Waals surface area contributed by atoms with Crippen molar-refractivity contribution in [1.29, 1.82) is 0 Å². The molecular weight excluding hydrogens is 368 g/mol. The number of unbranched alkanes of at least 4 members (excludes halogenated alkanes) is 2. The maximum atomic E-state index is 12.9. The second-order valence-corrected chi connectivity index (χ2v) is 7.58. The molecule has 156 valence electrons. The van der Waals surface area contributed by atoms with Gasteiger partial charge in [0.2, 0.25) is 5.91 Å². The van der Waals surface area contributed by atoms with E-state index < -0.39 is 0 Å². The number of nitrogens with one attached hydrogen (secondary N) is 1. The summed E-state index contributed by atoms with van der Waals surface area (Å²) in [5.74, 6) is -0.155. The first-order valence-electron chi connectivity index (χ1n) is 10.7. The second kappa shape index (κ2) is 10.2. The van der Waals surface area contributed by atoms with Crippen molar-refractivity contribution in [1.82, 2.24) is 20.0 Å². The Bertz CT molecular complexity index is 922. The first-order valence-corrected chi connectivity index (χ1v) is 10.7. The van der Waals surface area contributed by atoms with Gasteiger partial charge in [-0.15, -0.1) is 0 Å². The number of aromatic nitrogens is 2. The Morgan fingerprint density at radius 2 is 1.86 bits per heavy atom. The van der Waals surface area contributed by atoms with Gasteiger partial charge >= 0.3 is 0 Å². The summed E-state index contributed by atoms with van der Waals surface area (Å²) in [6.07, 6.45) is 6.51. The molecule has 29 heavy (non-hydrogen) atoms. The highest BCUT2D eigenvalue weighted by atomic mass is 16.2. The number of hydrogen-bond acceptors (Lipinski definition) is 4. The molecule has 1 saturated heterocycles. The van der Waals surface area contributed by atoms with E-state index >= 15 is 0 Å². The zero-order valence-electron chi connectivity index (χ0n) is 17.2. The van der Waals surface area contributed by atoms with Crippen LogP contribution in [0.25, 0.3) is 10.8 Å². The van der Waals surface area contributed by atoms with Crippen LogP contribution in [0, 0.1) is 0 Å². The molecule has 0 bridgehead atoms. The van der Waals surface area contributed by atoms with Crippen LogP contribution in [0.1, 0.15) is 62.4 Å². The minimum absolute atomic E-state index is 0.157. The monoisotopic (exact) mass is 398 g/mol. The summed E-state index contributed by atoms with van der Waals surface area (Å²) >= 11 is 0. The van der Waals surface area contributed by atoms with Gasteiger partial charge in [0.15, 0.2) is 5.69 Å². The summed E-state index contributed by atoms with van der Waals surface area (Å²) in [6.45, 7) is 4.22. The molecule has 1 fully saturated rings. The Balaban J connectivity index is 1.75. The van der Waals surface area contributed by atoms with Gasteiger partial charge in [0.05, 0.1) is 5.39 Å². The van der Waals surface area contributed by atoms with Crippen LogP contribution < -0.4 is 10.9 Å². The molecule has 0 atom stereocenters. The fourth-order valence-corrected chi connectivity index (χ4v) is 3.73. The van der Waals surface area contributed by atoms with E-state index in [9.17, 15) is 14.4 Å². The van der Waals surface area contributed by atoms with Crippen LogP contribution in [-0.4, -0.2) is 46.1 Å². The van der Waals surface area contributed by atoms with Crippen LogP contribution in [0.2, 0.25) is 0 Å². The van der Waals surface area contributed by atoms with E-state index in [1.54, 1.807) is 24.3 Å². The minimum Gasteiger partial charge on any atom is -0.349 e. The van der Waals surface area contributed by atoms with Crippen LogP contribution >= 0.6 is 0 Å². The van der Waals surface area contributed by atoms with Crippen LogP contribution in [0.3, 0.4) is 0 Å². The fourth-order valence-electron chi connectivity index (χ4n) is 3.73. The Hall–Kier alpha value is -2.70. The summed E-state index contributed by atoms with van der Waals surface area (Å²) in [5.41, 5.74) is 0.0994. The Morgan fingerprint density at radius 3 is 2.66 bits per heavy atom. The van der Waals surface area contributed by atoms with Crippen LogP contribution in [0.4, 0.5) is 0 Å². The molecule has 0 radical (unpaired) electrons. The van der Waals surface area contributed by atoms with Crippen molar-refractivity contribution in [3.05, 3.63) is 40.3 Å². The molecule has 0 aliphatic carbocycles. The number of carbonyl (C=O) groups excluding carboxylic acids is 2. The van der Waals surface area contributed by atoms with E-state index in [1.165, 1.54) is 4.68 Å². The highest BCUT2D eigenvalue weighted by Gasteiger charge is 2.19. The van der Waals surface area contributed by atoms with Crippen LogP contribution in [0.5, 0.6) is 0 Å². The molecule has 0 unspecified atom stereocenters. The number of carbonyl (C=O) groups is 2. The molecule has 3 rings (SSSR count). The third kappa shape index (κ3) is 5.22. The molecule has 7 nitrogen and oxygen atoms in total. The number of likely N-dealkylation sites (tertiary alicyclic amines) is 1. The lowest BCUT2D eigenvalue weighted by molar-refractivity contribution is -0.130. The molecule has 1 aromatic heterocycles. The summed E-state index contributed by atoms with van der Waals surface area (Å²) in [5, 5.41) is 8.33. The number of benzene rings is 1. The fraction of sp³-hybridized carbons (Fsp3) is 0.545. The van der Waals surface area contributed by atoms with Gasteiger partial charge in [-0.2, -0.15) is 5.10 Å². The van der Waals surface area contributed by atoms with Gasteiger partial charge in [-0.1, -0.05) is 44.4 Å². The largest absolute Gasteiger partial charge is 0.349 e. The van der Waals surface area contributed by atoms with E-state index in [4.69, 9.17) is 0 Å². The lowest BCUT2D eigenvalue weighted by atomic mass is 10.1. The number of rotatable bonds is 8. The number of nitrogens with zero attached hydrogens (tertiary/aromatic N) is 3. The van der Waals surface area contributed by atoms with E-state index in [0.717, 1.165) is 45.1 Å². The van der Waals surface area contributed by atoms with Crippen LogP contribution in [-0.2, 0) is 11.3 Å². The molecule has 2 heterocycles. The van der Waals surface area contributed by atoms with E-state index in [0.29, 0.717) is 36.8 Å². The van der Waals surface area contributed by atoms with E-state index in [2.05, 4.69) is 17.3 Å². The maximum Gasteiger partial charge on any atom is 0.274 e. The summed E-state index contributed by atoms with van der Waals surface area (Å²) in [6, 6.07) is 7.10. The molecular formula is C22H30N4O3. The molecule has 1 aromatic carbocycles. The lowest BCUT2D eigenvalue weighted by Gasteiger charge is -2.20. The first-order chi connectivity index (χ1) is 14.1. The second-order valence-electron chi connectivity index (χ2n) is 7.58. The smallest absolute Gasteiger partial charge is 0.274 e. The Morgan fingerprint density at radius 1 is 1.07 bits per heavy atom. The molecule has 1 aliphatic rings. The molecule has 0 saturated carbocycles. The van der Waals surface area contributed by atoms with E-state index in [-0.39, 0.29) is 23.1 Å². The van der Waals surface area contributed by atoms with Gasteiger partial charge in [-0.3, -0.25) is 14.4 Å². The zero-order chi connectivity index (χ0) is 20.6. The summed E-state index contributed by atoms with van der Waals surface area (Å²) < 4.78 is 1.41. The van der Waals surface area contributed by atoms with Crippen molar-refractivity contribution in [2.24, 2.45) is 0 Å². The topological polar surface area (TPSA) is 84.3 Å². The normalized spacial score (nSPS) is 14.8. The SMILES string of the molecule is CCCCCn1nc(C(=O)NCCN2CCCCCC2=O)c2ccccc2c1=O. The number of hydrogen-bond donors (Lipinski definition) is 1. The lowest BCUT2D eigenvalue weighted by Crippen LogP contribution is -2.39. The molecule has 2 aromatic rings. The van der Waals surface area contributed by atoms with Crippen molar-refractivity contribution in [3.63, 3.8) is 0 Å². The summed E-state index contributed by atoms with van der Waals surface area (Å²) in [7, 11) is 0. The summed E-state index contributed by atoms with van der Waals surface area (Å²) in [4.78, 5) is 39.5. The van der Waals surface area contributed by atoms with Crippen molar-refractivity contribution < 1.29 is 9.59 Å². The predicted molar refractivity (Wildman–Crippen MR) is 113 cm³/mol. The predicted octanol–water partition coefficient (Wildman–Crippen LogP) is 2.72. The van der Waals surface area contributed by atoms with Crippen molar-refractivity contribution in [2.45, 2.75) is 58.4 Å². The Kier molecular flexibility index (Phi) is 7.38. The number of amides is 2. The van der Waals surface area contributed by atoms with Gasteiger partial charge in [-0.05, 0) is 25.3 Å². The van der Waals surface area contributed by atoms with Crippen LogP contribution in [0.15, 0.2) is 29.1 Å². The quantitative estimate of drug-likeness (QED) is 0.693. The van der Waals surface area contributed by atoms with Gasteiger partial charge in [0.1, 0.15) is 0 Å². The molecule has 2 amide bonds. The van der Waals surface area contributed by atoms with Crippen molar-refractivity contribution in [2.75, 3.05) is 19.6 Å². The maximum absolute atomic E-state index is 12.9. The third-order valence-corrected chi connectivity index (χ3v) is 5.39. The number of fused-ring (bicyclic) bond motifs is 1. The van der Waals surface area contributed by atoms with Gasteiger partial charge in [0, 0.05) is 38.0 Å². The molecule has 7 heteroatoms. The van der Waals surface area contributed by atoms with Gasteiger partial charge < -0.3 is 10.2 Å². The molecule has 0 spiro atoms. The first kappa shape index (κ1) is 21.0. The molecule has 1 N–H and O–H groups in total. The number of aryl methyl sites for hydroxylation is 1. The highest BCUT2D eigenvalue weighted by molar-refractivity contribution is 6.04. The Labute approximate surface area is 171 Å². The van der Waals surface area contributed by atoms with Crippen molar-refractivity contribution in [3.8, 4) is 0 Å². The third-order valence-electron chi connectivity index (χ3n) is 5.39. The average Bonchev–Trinajstić information content (AvgIpc) is 2.94. The average molecular weight is 399 g/mol. The van der Waals surface area contributed by atoms with Gasteiger partial charge in [-0.25, -0.2) is 4.68 Å².